The third kappa shape index (κ3) is 3.01. The molecular formula is C30H28N2. The molecule has 32 heavy (non-hydrogen) atoms. The van der Waals surface area contributed by atoms with Gasteiger partial charge in [-0.05, 0) is 59.3 Å². The molecule has 2 nitrogen and oxygen atoms in total. The molecule has 7 atom stereocenters. The Kier molecular flexibility index (Phi) is 4.68. The highest BCUT2D eigenvalue weighted by Crippen LogP contribution is 2.60. The number of allylic oxidation sites excluding steroid dienone is 10. The Morgan fingerprint density at radius 2 is 1.28 bits per heavy atom. The lowest BCUT2D eigenvalue weighted by atomic mass is 9.58. The molecule has 7 rings (SSSR count). The van der Waals surface area contributed by atoms with E-state index in [0.29, 0.717) is 41.4 Å². The summed E-state index contributed by atoms with van der Waals surface area (Å²) < 4.78 is 0. The van der Waals surface area contributed by atoms with E-state index in [2.05, 4.69) is 78.9 Å². The van der Waals surface area contributed by atoms with Crippen LogP contribution in [0.2, 0.25) is 0 Å². The van der Waals surface area contributed by atoms with E-state index in [0.717, 1.165) is 0 Å². The van der Waals surface area contributed by atoms with Crippen molar-refractivity contribution in [1.82, 2.24) is 0 Å². The molecule has 2 N–H and O–H groups in total. The predicted octanol–water partition coefficient (Wildman–Crippen LogP) is 5.63. The standard InChI is InChI=1S/C30H28N2/c31-27-14-5-3-9-24-26(11-4-6-15-28(27)32)30-22-13-7-12-21(22)19-16-17-20(18-19)29(24)23-8-1-2-10-25(23)30/h1-17,19-21,23,25,29-32H,18H2/t19-,20?,21?,23?,25?,29?,30?/m0/s1. The van der Waals surface area contributed by atoms with Gasteiger partial charge in [-0.25, -0.2) is 0 Å². The van der Waals surface area contributed by atoms with E-state index < -0.39 is 0 Å². The zero-order valence-electron chi connectivity index (χ0n) is 18.1. The Morgan fingerprint density at radius 3 is 2.06 bits per heavy atom. The van der Waals surface area contributed by atoms with Crippen LogP contribution in [0.3, 0.4) is 0 Å². The Labute approximate surface area is 189 Å². The van der Waals surface area contributed by atoms with Crippen molar-refractivity contribution in [2.45, 2.75) is 18.3 Å². The largest absolute Gasteiger partial charge is 0.299 e. The maximum absolute atomic E-state index is 8.08. The summed E-state index contributed by atoms with van der Waals surface area (Å²) in [7, 11) is 0. The Bertz CT molecular complexity index is 1290. The minimum Gasteiger partial charge on any atom is -0.299 e. The van der Waals surface area contributed by atoms with Crippen LogP contribution in [0.1, 0.15) is 29.4 Å². The van der Waals surface area contributed by atoms with E-state index in [1.807, 2.05) is 12.1 Å². The van der Waals surface area contributed by atoms with Gasteiger partial charge in [0, 0.05) is 11.8 Å². The second kappa shape index (κ2) is 7.70. The molecule has 0 radical (unpaired) electrons. The van der Waals surface area contributed by atoms with Crippen molar-refractivity contribution in [3.05, 3.63) is 131 Å². The predicted molar refractivity (Wildman–Crippen MR) is 128 cm³/mol. The zero-order valence-corrected chi connectivity index (χ0v) is 18.1. The summed E-state index contributed by atoms with van der Waals surface area (Å²) in [5.41, 5.74) is 4.42. The highest BCUT2D eigenvalue weighted by atomic mass is 14.5. The van der Waals surface area contributed by atoms with Gasteiger partial charge in [0.15, 0.2) is 0 Å². The Balaban J connectivity index is 1.68. The van der Waals surface area contributed by atoms with Gasteiger partial charge in [0.2, 0.25) is 0 Å². The first kappa shape index (κ1) is 19.4. The summed E-state index contributed by atoms with van der Waals surface area (Å²) in [4.78, 5) is 0. The first-order chi connectivity index (χ1) is 15.7. The minimum absolute atomic E-state index is 0.232. The van der Waals surface area contributed by atoms with Gasteiger partial charge in [-0.1, -0.05) is 96.7 Å². The van der Waals surface area contributed by atoms with Crippen LogP contribution in [0.25, 0.3) is 0 Å². The number of hydrogen-bond acceptors (Lipinski definition) is 2. The van der Waals surface area contributed by atoms with E-state index in [1.54, 1.807) is 17.7 Å². The van der Waals surface area contributed by atoms with E-state index in [9.17, 15) is 0 Å². The quantitative estimate of drug-likeness (QED) is 0.515. The lowest BCUT2D eigenvalue weighted by Gasteiger charge is -2.45. The van der Waals surface area contributed by atoms with Crippen LogP contribution in [0, 0.1) is 40.4 Å². The molecule has 0 amide bonds. The Morgan fingerprint density at radius 1 is 0.625 bits per heavy atom. The van der Waals surface area contributed by atoms with Gasteiger partial charge in [-0.15, -0.1) is 0 Å². The highest BCUT2D eigenvalue weighted by molar-refractivity contribution is 5.50. The van der Waals surface area contributed by atoms with Gasteiger partial charge in [-0.2, -0.15) is 0 Å². The fourth-order valence-electron chi connectivity index (χ4n) is 6.75. The van der Waals surface area contributed by atoms with Gasteiger partial charge >= 0.3 is 0 Å². The van der Waals surface area contributed by atoms with E-state index in [-0.39, 0.29) is 10.7 Å². The summed E-state index contributed by atoms with van der Waals surface area (Å²) in [6, 6.07) is 16.0. The summed E-state index contributed by atoms with van der Waals surface area (Å²) in [5.74, 6) is 3.42. The monoisotopic (exact) mass is 416 g/mol. The summed E-state index contributed by atoms with van der Waals surface area (Å²) in [6.45, 7) is 0. The molecule has 0 aromatic heterocycles. The maximum Gasteiger partial charge on any atom is 0.0789 e. The number of nitrogens with one attached hydrogen (secondary N) is 2. The average Bonchev–Trinajstić information content (AvgIpc) is 3.48. The van der Waals surface area contributed by atoms with Crippen LogP contribution in [-0.2, 0) is 0 Å². The lowest BCUT2D eigenvalue weighted by molar-refractivity contribution is 0.287. The summed E-state index contributed by atoms with van der Waals surface area (Å²) in [6.07, 6.45) is 22.7. The molecule has 0 spiro atoms. The van der Waals surface area contributed by atoms with Crippen LogP contribution in [0.15, 0.2) is 109 Å². The Hall–Kier alpha value is -3.26. The van der Waals surface area contributed by atoms with Crippen LogP contribution < -0.4 is 10.7 Å². The molecule has 1 saturated carbocycles. The second-order valence-electron chi connectivity index (χ2n) is 9.63. The van der Waals surface area contributed by atoms with E-state index in [1.165, 1.54) is 17.5 Å². The van der Waals surface area contributed by atoms with Crippen molar-refractivity contribution in [1.29, 1.82) is 10.8 Å². The molecule has 1 fully saturated rings. The molecule has 4 bridgehead atoms. The van der Waals surface area contributed by atoms with Crippen LogP contribution >= 0.6 is 0 Å². The van der Waals surface area contributed by atoms with Gasteiger partial charge < -0.3 is 0 Å². The normalized spacial score (nSPS) is 34.4. The van der Waals surface area contributed by atoms with E-state index in [4.69, 9.17) is 10.8 Å². The van der Waals surface area contributed by atoms with Gasteiger partial charge in [0.1, 0.15) is 0 Å². The number of hydrogen-bond donors (Lipinski definition) is 2. The first-order valence-electron chi connectivity index (χ1n) is 11.7. The number of rotatable bonds is 0. The zero-order chi connectivity index (χ0) is 21.7. The van der Waals surface area contributed by atoms with E-state index >= 15 is 0 Å². The molecule has 158 valence electrons. The smallest absolute Gasteiger partial charge is 0.0789 e. The average molecular weight is 417 g/mol. The fraction of sp³-hybridized carbons (Fsp3) is 0.267. The van der Waals surface area contributed by atoms with Crippen LogP contribution in [0.5, 0.6) is 0 Å². The molecule has 6 unspecified atom stereocenters. The summed E-state index contributed by atoms with van der Waals surface area (Å²) >= 11 is 0. The molecule has 0 saturated heterocycles. The van der Waals surface area contributed by atoms with Crippen molar-refractivity contribution in [3.63, 3.8) is 0 Å². The fourth-order valence-corrected chi connectivity index (χ4v) is 6.75. The molecule has 6 aliphatic rings. The van der Waals surface area contributed by atoms with Gasteiger partial charge in [0.05, 0.1) is 10.7 Å². The van der Waals surface area contributed by atoms with Crippen molar-refractivity contribution in [2.24, 2.45) is 29.6 Å². The second-order valence-corrected chi connectivity index (χ2v) is 9.63. The van der Waals surface area contributed by atoms with Gasteiger partial charge in [-0.3, -0.25) is 10.8 Å². The maximum atomic E-state index is 8.08. The van der Waals surface area contributed by atoms with Crippen LogP contribution in [0.4, 0.5) is 0 Å². The third-order valence-electron chi connectivity index (χ3n) is 8.06. The molecule has 1 aromatic carbocycles. The van der Waals surface area contributed by atoms with Gasteiger partial charge in [0.25, 0.3) is 0 Å². The first-order valence-corrected chi connectivity index (χ1v) is 11.7. The SMILES string of the molecule is N=c1ccccc2c(ccccc1=N)C1C3C=C[C@@H](C3)C3C=CC=C3C2C2C=CC=CC21. The van der Waals surface area contributed by atoms with Crippen LogP contribution in [-0.4, -0.2) is 0 Å². The molecular weight excluding hydrogens is 388 g/mol. The topological polar surface area (TPSA) is 47.7 Å². The molecule has 0 aliphatic heterocycles. The molecule has 2 heteroatoms. The minimum atomic E-state index is 0.232. The van der Waals surface area contributed by atoms with Crippen molar-refractivity contribution in [2.75, 3.05) is 0 Å². The lowest BCUT2D eigenvalue weighted by Crippen LogP contribution is -2.35. The molecule has 0 heterocycles. The van der Waals surface area contributed by atoms with Crippen molar-refractivity contribution in [3.8, 4) is 0 Å². The highest BCUT2D eigenvalue weighted by Gasteiger charge is 2.49. The summed E-state index contributed by atoms with van der Waals surface area (Å²) in [5, 5.41) is 16.6. The van der Waals surface area contributed by atoms with Crippen molar-refractivity contribution < 1.29 is 0 Å². The molecule has 6 aliphatic carbocycles. The third-order valence-corrected chi connectivity index (χ3v) is 8.06. The van der Waals surface area contributed by atoms with Crippen molar-refractivity contribution >= 4 is 0 Å². The molecule has 1 aromatic rings.